The molecule has 0 saturated heterocycles. The third kappa shape index (κ3) is 1.21. The molecular formula is C9H12N4O. The molecular weight excluding hydrogens is 180 g/mol. The molecule has 2 rings (SSSR count). The van der Waals surface area contributed by atoms with Crippen LogP contribution in [0.2, 0.25) is 0 Å². The smallest absolute Gasteiger partial charge is 0.202 e. The Hall–Kier alpha value is -1.65. The van der Waals surface area contributed by atoms with Crippen LogP contribution in [0.1, 0.15) is 26.3 Å². The number of pyridine rings is 1. The largest absolute Gasteiger partial charge is 0.506 e. The van der Waals surface area contributed by atoms with Gasteiger partial charge in [0.25, 0.3) is 0 Å². The van der Waals surface area contributed by atoms with Crippen molar-refractivity contribution in [2.45, 2.75) is 26.2 Å². The van der Waals surface area contributed by atoms with Gasteiger partial charge < -0.3 is 5.11 Å². The molecule has 5 nitrogen and oxygen atoms in total. The van der Waals surface area contributed by atoms with Crippen LogP contribution in [0.5, 0.6) is 5.75 Å². The second kappa shape index (κ2) is 2.67. The van der Waals surface area contributed by atoms with Gasteiger partial charge in [-0.2, -0.15) is 10.3 Å². The molecule has 0 fully saturated rings. The summed E-state index contributed by atoms with van der Waals surface area (Å²) in [6.45, 7) is 6.03. The van der Waals surface area contributed by atoms with Gasteiger partial charge in [0, 0.05) is 5.56 Å². The summed E-state index contributed by atoms with van der Waals surface area (Å²) in [6, 6.07) is 0. The van der Waals surface area contributed by atoms with Crippen LogP contribution in [0.4, 0.5) is 0 Å². The molecule has 0 bridgehead atoms. The summed E-state index contributed by atoms with van der Waals surface area (Å²) < 4.78 is 0. The Morgan fingerprint density at radius 1 is 1.29 bits per heavy atom. The molecule has 2 N–H and O–H groups in total. The van der Waals surface area contributed by atoms with E-state index in [-0.39, 0.29) is 11.2 Å². The molecule has 14 heavy (non-hydrogen) atoms. The van der Waals surface area contributed by atoms with Crippen molar-refractivity contribution in [1.82, 2.24) is 20.4 Å². The van der Waals surface area contributed by atoms with Crippen molar-refractivity contribution in [3.05, 3.63) is 11.8 Å². The van der Waals surface area contributed by atoms with Gasteiger partial charge in [0.05, 0.1) is 6.20 Å². The lowest BCUT2D eigenvalue weighted by Crippen LogP contribution is -2.12. The molecule has 0 aliphatic rings. The lowest BCUT2D eigenvalue weighted by Gasteiger charge is -2.19. The van der Waals surface area contributed by atoms with Crippen LogP contribution < -0.4 is 0 Å². The van der Waals surface area contributed by atoms with E-state index in [9.17, 15) is 5.11 Å². The summed E-state index contributed by atoms with van der Waals surface area (Å²) >= 11 is 0. The van der Waals surface area contributed by atoms with Gasteiger partial charge in [0.15, 0.2) is 0 Å². The minimum atomic E-state index is -0.178. The fourth-order valence-electron chi connectivity index (χ4n) is 1.53. The molecule has 0 aliphatic heterocycles. The van der Waals surface area contributed by atoms with Gasteiger partial charge in [0.2, 0.25) is 5.65 Å². The Morgan fingerprint density at radius 2 is 2.00 bits per heavy atom. The van der Waals surface area contributed by atoms with Crippen molar-refractivity contribution >= 4 is 11.2 Å². The number of H-pyrrole nitrogens is 1. The number of nitrogens with zero attached hydrogens (tertiary/aromatic N) is 3. The molecule has 0 spiro atoms. The number of hydrogen-bond donors (Lipinski definition) is 2. The predicted octanol–water partition coefficient (Wildman–Crippen LogP) is 1.36. The lowest BCUT2D eigenvalue weighted by atomic mass is 9.86. The topological polar surface area (TPSA) is 74.7 Å². The van der Waals surface area contributed by atoms with E-state index in [2.05, 4.69) is 20.4 Å². The Labute approximate surface area is 81.2 Å². The number of aromatic hydroxyl groups is 1. The lowest BCUT2D eigenvalue weighted by molar-refractivity contribution is 0.446. The van der Waals surface area contributed by atoms with E-state index in [1.165, 1.54) is 6.20 Å². The standard InChI is InChI=1S/C9H12N4O/c1-9(2,3)6-5(14)4-10-8-7(6)11-13-12-8/h4,14H,1-3H3,(H,10,11,12,13). The molecule has 2 aromatic heterocycles. The van der Waals surface area contributed by atoms with Crippen LogP contribution in [0, 0.1) is 0 Å². The number of rotatable bonds is 0. The molecule has 2 heterocycles. The SMILES string of the molecule is CC(C)(C)c1c(O)cnc2n[nH]nc12. The maximum atomic E-state index is 9.72. The Kier molecular flexibility index (Phi) is 1.70. The number of aromatic nitrogens is 4. The predicted molar refractivity (Wildman–Crippen MR) is 52.0 cm³/mol. The molecule has 0 atom stereocenters. The van der Waals surface area contributed by atoms with Crippen molar-refractivity contribution in [2.75, 3.05) is 0 Å². The molecule has 0 aromatic carbocycles. The zero-order chi connectivity index (χ0) is 10.3. The fourth-order valence-corrected chi connectivity index (χ4v) is 1.53. The molecule has 0 amide bonds. The first-order valence-corrected chi connectivity index (χ1v) is 4.39. The highest BCUT2D eigenvalue weighted by atomic mass is 16.3. The molecule has 74 valence electrons. The van der Waals surface area contributed by atoms with E-state index in [1.54, 1.807) is 0 Å². The van der Waals surface area contributed by atoms with Crippen LogP contribution in [-0.4, -0.2) is 25.5 Å². The Bertz CT molecular complexity index is 469. The summed E-state index contributed by atoms with van der Waals surface area (Å²) in [6.07, 6.45) is 1.41. The van der Waals surface area contributed by atoms with Gasteiger partial charge in [-0.15, -0.1) is 5.10 Å². The summed E-state index contributed by atoms with van der Waals surface area (Å²) in [5.74, 6) is 0.166. The van der Waals surface area contributed by atoms with Crippen LogP contribution in [0.3, 0.4) is 0 Å². The molecule has 0 unspecified atom stereocenters. The van der Waals surface area contributed by atoms with Crippen LogP contribution in [-0.2, 0) is 5.41 Å². The van der Waals surface area contributed by atoms with Crippen molar-refractivity contribution in [1.29, 1.82) is 0 Å². The summed E-state index contributed by atoms with van der Waals surface area (Å²) in [7, 11) is 0. The average molecular weight is 192 g/mol. The molecule has 0 saturated carbocycles. The van der Waals surface area contributed by atoms with Gasteiger partial charge in [-0.05, 0) is 5.41 Å². The Morgan fingerprint density at radius 3 is 2.64 bits per heavy atom. The van der Waals surface area contributed by atoms with Crippen LogP contribution in [0.25, 0.3) is 11.2 Å². The molecule has 0 aliphatic carbocycles. The van der Waals surface area contributed by atoms with Crippen molar-refractivity contribution < 1.29 is 5.11 Å². The quantitative estimate of drug-likeness (QED) is 0.660. The van der Waals surface area contributed by atoms with Gasteiger partial charge in [-0.1, -0.05) is 20.8 Å². The summed E-state index contributed by atoms with van der Waals surface area (Å²) in [5, 5.41) is 20.1. The van der Waals surface area contributed by atoms with Gasteiger partial charge >= 0.3 is 0 Å². The highest BCUT2D eigenvalue weighted by Gasteiger charge is 2.23. The fraction of sp³-hybridized carbons (Fsp3) is 0.444. The summed E-state index contributed by atoms with van der Waals surface area (Å²) in [4.78, 5) is 3.96. The zero-order valence-electron chi connectivity index (χ0n) is 8.37. The maximum absolute atomic E-state index is 9.72. The van der Waals surface area contributed by atoms with Gasteiger partial charge in [-0.3, -0.25) is 0 Å². The number of nitrogens with one attached hydrogen (secondary N) is 1. The van der Waals surface area contributed by atoms with Crippen molar-refractivity contribution in [2.24, 2.45) is 0 Å². The number of hydrogen-bond acceptors (Lipinski definition) is 4. The first kappa shape index (κ1) is 8.93. The molecule has 5 heteroatoms. The van der Waals surface area contributed by atoms with Crippen molar-refractivity contribution in [3.63, 3.8) is 0 Å². The van der Waals surface area contributed by atoms with Crippen LogP contribution in [0.15, 0.2) is 6.20 Å². The highest BCUT2D eigenvalue weighted by Crippen LogP contribution is 2.33. The Balaban J connectivity index is 2.83. The van der Waals surface area contributed by atoms with E-state index in [4.69, 9.17) is 0 Å². The van der Waals surface area contributed by atoms with E-state index < -0.39 is 0 Å². The minimum Gasteiger partial charge on any atom is -0.506 e. The van der Waals surface area contributed by atoms with Crippen LogP contribution >= 0.6 is 0 Å². The minimum absolute atomic E-state index is 0.166. The number of fused-ring (bicyclic) bond motifs is 1. The second-order valence-electron chi connectivity index (χ2n) is 4.26. The molecule has 2 aromatic rings. The van der Waals surface area contributed by atoms with E-state index in [0.29, 0.717) is 11.2 Å². The highest BCUT2D eigenvalue weighted by molar-refractivity contribution is 5.77. The third-order valence-corrected chi connectivity index (χ3v) is 2.08. The number of aromatic amines is 1. The van der Waals surface area contributed by atoms with Gasteiger partial charge in [-0.25, -0.2) is 4.98 Å². The van der Waals surface area contributed by atoms with E-state index in [1.807, 2.05) is 20.8 Å². The van der Waals surface area contributed by atoms with Gasteiger partial charge in [0.1, 0.15) is 11.3 Å². The van der Waals surface area contributed by atoms with E-state index >= 15 is 0 Å². The average Bonchev–Trinajstić information content (AvgIpc) is 2.48. The zero-order valence-corrected chi connectivity index (χ0v) is 8.37. The second-order valence-corrected chi connectivity index (χ2v) is 4.26. The molecule has 0 radical (unpaired) electrons. The van der Waals surface area contributed by atoms with Crippen molar-refractivity contribution in [3.8, 4) is 5.75 Å². The third-order valence-electron chi connectivity index (χ3n) is 2.08. The summed E-state index contributed by atoms with van der Waals surface area (Å²) in [5.41, 5.74) is 1.77. The normalized spacial score (nSPS) is 12.2. The maximum Gasteiger partial charge on any atom is 0.202 e. The first-order chi connectivity index (χ1) is 6.50. The first-order valence-electron chi connectivity index (χ1n) is 4.39. The monoisotopic (exact) mass is 192 g/mol. The van der Waals surface area contributed by atoms with E-state index in [0.717, 1.165) is 5.56 Å².